The SMILES string of the molecule is NC(Cc1c(Cl)cccc1[N+](=O)[O-])C(F)F. The highest BCUT2D eigenvalue weighted by atomic mass is 35.5. The predicted molar refractivity (Wildman–Crippen MR) is 55.8 cm³/mol. The molecule has 16 heavy (non-hydrogen) atoms. The third kappa shape index (κ3) is 2.86. The average molecular weight is 251 g/mol. The van der Waals surface area contributed by atoms with Crippen LogP contribution in [0.2, 0.25) is 5.02 Å². The van der Waals surface area contributed by atoms with Crippen LogP contribution in [0.5, 0.6) is 0 Å². The molecule has 88 valence electrons. The third-order valence-electron chi connectivity index (χ3n) is 2.05. The van der Waals surface area contributed by atoms with Crippen LogP contribution in [0.15, 0.2) is 18.2 Å². The van der Waals surface area contributed by atoms with Gasteiger partial charge in [0.2, 0.25) is 0 Å². The average Bonchev–Trinajstić information content (AvgIpc) is 2.20. The maximum atomic E-state index is 12.2. The molecule has 0 heterocycles. The minimum atomic E-state index is -2.74. The Morgan fingerprint density at radius 1 is 1.50 bits per heavy atom. The molecular weight excluding hydrogens is 242 g/mol. The van der Waals surface area contributed by atoms with E-state index in [-0.39, 0.29) is 22.7 Å². The molecule has 1 aromatic carbocycles. The van der Waals surface area contributed by atoms with Crippen molar-refractivity contribution in [2.75, 3.05) is 0 Å². The van der Waals surface area contributed by atoms with Crippen LogP contribution in [0.1, 0.15) is 5.56 Å². The van der Waals surface area contributed by atoms with Gasteiger partial charge in [-0.1, -0.05) is 17.7 Å². The quantitative estimate of drug-likeness (QED) is 0.659. The number of halogens is 3. The Labute approximate surface area is 95.2 Å². The second-order valence-electron chi connectivity index (χ2n) is 3.20. The second kappa shape index (κ2) is 5.18. The molecule has 0 aliphatic heterocycles. The van der Waals surface area contributed by atoms with Crippen LogP contribution in [0.25, 0.3) is 0 Å². The monoisotopic (exact) mass is 250 g/mol. The van der Waals surface area contributed by atoms with E-state index in [0.717, 1.165) is 0 Å². The normalized spacial score (nSPS) is 12.8. The van der Waals surface area contributed by atoms with Gasteiger partial charge in [0.25, 0.3) is 12.1 Å². The highest BCUT2D eigenvalue weighted by Gasteiger charge is 2.23. The summed E-state index contributed by atoms with van der Waals surface area (Å²) in [6, 6.07) is 2.54. The first-order valence-corrected chi connectivity index (χ1v) is 4.76. The van der Waals surface area contributed by atoms with Crippen LogP contribution in [-0.2, 0) is 6.42 Å². The minimum Gasteiger partial charge on any atom is -0.323 e. The number of nitro benzene ring substituents is 1. The van der Waals surface area contributed by atoms with Gasteiger partial charge in [0, 0.05) is 12.5 Å². The fourth-order valence-electron chi connectivity index (χ4n) is 1.25. The molecule has 0 spiro atoms. The summed E-state index contributed by atoms with van der Waals surface area (Å²) in [5.41, 5.74) is 4.91. The summed E-state index contributed by atoms with van der Waals surface area (Å²) in [4.78, 5) is 9.98. The van der Waals surface area contributed by atoms with Gasteiger partial charge in [0.15, 0.2) is 0 Å². The Morgan fingerprint density at radius 3 is 2.62 bits per heavy atom. The lowest BCUT2D eigenvalue weighted by molar-refractivity contribution is -0.385. The van der Waals surface area contributed by atoms with Crippen LogP contribution in [0, 0.1) is 10.1 Å². The highest BCUT2D eigenvalue weighted by molar-refractivity contribution is 6.31. The number of benzene rings is 1. The standard InChI is InChI=1S/C9H9ClF2N2O2/c10-6-2-1-3-8(14(15)16)5(6)4-7(13)9(11)12/h1-3,7,9H,4,13H2. The van der Waals surface area contributed by atoms with Crippen LogP contribution in [0.4, 0.5) is 14.5 Å². The van der Waals surface area contributed by atoms with E-state index < -0.39 is 17.4 Å². The van der Waals surface area contributed by atoms with Crippen molar-refractivity contribution in [1.29, 1.82) is 0 Å². The summed E-state index contributed by atoms with van der Waals surface area (Å²) in [6.45, 7) is 0. The molecule has 0 bridgehead atoms. The van der Waals surface area contributed by atoms with Gasteiger partial charge in [-0.05, 0) is 6.07 Å². The number of hydrogen-bond acceptors (Lipinski definition) is 3. The van der Waals surface area contributed by atoms with E-state index in [4.69, 9.17) is 17.3 Å². The van der Waals surface area contributed by atoms with Crippen LogP contribution >= 0.6 is 11.6 Å². The first kappa shape index (κ1) is 12.8. The topological polar surface area (TPSA) is 69.2 Å². The second-order valence-corrected chi connectivity index (χ2v) is 3.60. The van der Waals surface area contributed by atoms with Crippen LogP contribution in [0.3, 0.4) is 0 Å². The van der Waals surface area contributed by atoms with E-state index in [1.807, 2.05) is 0 Å². The lowest BCUT2D eigenvalue weighted by Gasteiger charge is -2.11. The number of hydrogen-bond donors (Lipinski definition) is 1. The summed E-state index contributed by atoms with van der Waals surface area (Å²) in [7, 11) is 0. The molecule has 0 amide bonds. The molecule has 0 fully saturated rings. The molecule has 7 heteroatoms. The van der Waals surface area contributed by atoms with Crippen LogP contribution in [-0.4, -0.2) is 17.4 Å². The third-order valence-corrected chi connectivity index (χ3v) is 2.41. The largest absolute Gasteiger partial charge is 0.323 e. The van der Waals surface area contributed by atoms with E-state index in [0.29, 0.717) is 0 Å². The number of rotatable bonds is 4. The summed E-state index contributed by atoms with van der Waals surface area (Å²) in [6.07, 6.45) is -3.07. The van der Waals surface area contributed by atoms with Crippen molar-refractivity contribution in [2.45, 2.75) is 18.9 Å². The molecule has 0 saturated heterocycles. The smallest absolute Gasteiger partial charge is 0.274 e. The Kier molecular flexibility index (Phi) is 4.14. The molecular formula is C9H9ClF2N2O2. The summed E-state index contributed by atoms with van der Waals surface area (Å²) >= 11 is 5.72. The van der Waals surface area contributed by atoms with Crippen molar-refractivity contribution in [3.05, 3.63) is 38.9 Å². The van der Waals surface area contributed by atoms with E-state index in [1.165, 1.54) is 18.2 Å². The van der Waals surface area contributed by atoms with Crippen molar-refractivity contribution >= 4 is 17.3 Å². The van der Waals surface area contributed by atoms with E-state index in [1.54, 1.807) is 0 Å². The van der Waals surface area contributed by atoms with Crippen LogP contribution < -0.4 is 5.73 Å². The van der Waals surface area contributed by atoms with Crippen molar-refractivity contribution in [3.63, 3.8) is 0 Å². The number of nitro groups is 1. The molecule has 1 atom stereocenters. The molecule has 0 aliphatic rings. The summed E-state index contributed by atoms with van der Waals surface area (Å²) in [5.74, 6) is 0. The molecule has 0 radical (unpaired) electrons. The molecule has 1 rings (SSSR count). The first-order chi connectivity index (χ1) is 7.43. The van der Waals surface area contributed by atoms with Gasteiger partial charge in [-0.2, -0.15) is 0 Å². The first-order valence-electron chi connectivity index (χ1n) is 4.39. The molecule has 1 aromatic rings. The predicted octanol–water partition coefficient (Wildman–Crippen LogP) is 2.38. The summed E-state index contributed by atoms with van der Waals surface area (Å²) < 4.78 is 24.5. The molecule has 0 aliphatic carbocycles. The van der Waals surface area contributed by atoms with Gasteiger partial charge in [0.1, 0.15) is 0 Å². The Bertz CT molecular complexity index is 401. The zero-order valence-electron chi connectivity index (χ0n) is 8.07. The number of nitrogens with zero attached hydrogens (tertiary/aromatic N) is 1. The van der Waals surface area contributed by atoms with E-state index in [9.17, 15) is 18.9 Å². The van der Waals surface area contributed by atoms with Gasteiger partial charge >= 0.3 is 0 Å². The van der Waals surface area contributed by atoms with Crippen molar-refractivity contribution in [2.24, 2.45) is 5.73 Å². The Balaban J connectivity index is 3.06. The number of alkyl halides is 2. The Morgan fingerprint density at radius 2 is 2.12 bits per heavy atom. The summed E-state index contributed by atoms with van der Waals surface area (Å²) in [5, 5.41) is 10.7. The van der Waals surface area contributed by atoms with E-state index in [2.05, 4.69) is 0 Å². The molecule has 1 unspecified atom stereocenters. The van der Waals surface area contributed by atoms with Crippen molar-refractivity contribution < 1.29 is 13.7 Å². The van der Waals surface area contributed by atoms with Gasteiger partial charge < -0.3 is 5.73 Å². The molecule has 2 N–H and O–H groups in total. The molecule has 0 saturated carbocycles. The van der Waals surface area contributed by atoms with Crippen molar-refractivity contribution in [3.8, 4) is 0 Å². The lowest BCUT2D eigenvalue weighted by atomic mass is 10.0. The number of nitrogens with two attached hydrogens (primary N) is 1. The maximum Gasteiger partial charge on any atom is 0.274 e. The fraction of sp³-hybridized carbons (Fsp3) is 0.333. The highest BCUT2D eigenvalue weighted by Crippen LogP contribution is 2.27. The molecule has 4 nitrogen and oxygen atoms in total. The molecule has 0 aromatic heterocycles. The lowest BCUT2D eigenvalue weighted by Crippen LogP contribution is -2.31. The zero-order chi connectivity index (χ0) is 12.3. The minimum absolute atomic E-state index is 0.0435. The van der Waals surface area contributed by atoms with Gasteiger partial charge in [-0.15, -0.1) is 0 Å². The zero-order valence-corrected chi connectivity index (χ0v) is 8.82. The van der Waals surface area contributed by atoms with Gasteiger partial charge in [-0.25, -0.2) is 8.78 Å². The fourth-order valence-corrected chi connectivity index (χ4v) is 1.49. The Hall–Kier alpha value is -1.27. The van der Waals surface area contributed by atoms with Crippen molar-refractivity contribution in [1.82, 2.24) is 0 Å². The van der Waals surface area contributed by atoms with Gasteiger partial charge in [-0.3, -0.25) is 10.1 Å². The van der Waals surface area contributed by atoms with E-state index >= 15 is 0 Å². The van der Waals surface area contributed by atoms with Gasteiger partial charge in [0.05, 0.1) is 21.6 Å². The maximum absolute atomic E-state index is 12.2.